The lowest BCUT2D eigenvalue weighted by atomic mass is 9.96. The predicted molar refractivity (Wildman–Crippen MR) is 89.8 cm³/mol. The van der Waals surface area contributed by atoms with Crippen molar-refractivity contribution in [3.63, 3.8) is 0 Å². The Hall–Kier alpha value is -2.70. The average Bonchev–Trinajstić information content (AvgIpc) is 3.32. The highest BCUT2D eigenvalue weighted by Gasteiger charge is 2.28. The third-order valence-corrected chi connectivity index (χ3v) is 4.72. The first kappa shape index (κ1) is 15.8. The summed E-state index contributed by atoms with van der Waals surface area (Å²) in [6, 6.07) is 5.35. The van der Waals surface area contributed by atoms with Gasteiger partial charge in [0.15, 0.2) is 17.6 Å². The van der Waals surface area contributed by atoms with Crippen molar-refractivity contribution >= 4 is 5.91 Å². The van der Waals surface area contributed by atoms with E-state index in [1.54, 1.807) is 31.3 Å². The maximum absolute atomic E-state index is 12.7. The van der Waals surface area contributed by atoms with Gasteiger partial charge in [-0.05, 0) is 31.9 Å². The van der Waals surface area contributed by atoms with E-state index in [1.165, 1.54) is 0 Å². The van der Waals surface area contributed by atoms with Crippen LogP contribution in [0.4, 0.5) is 0 Å². The lowest BCUT2D eigenvalue weighted by Crippen LogP contribution is -2.44. The van der Waals surface area contributed by atoms with E-state index in [4.69, 9.17) is 14.2 Å². The average molecular weight is 343 g/mol. The van der Waals surface area contributed by atoms with Crippen LogP contribution in [0.25, 0.3) is 0 Å². The maximum Gasteiger partial charge on any atom is 0.263 e. The van der Waals surface area contributed by atoms with Gasteiger partial charge in [-0.3, -0.25) is 4.79 Å². The van der Waals surface area contributed by atoms with Gasteiger partial charge < -0.3 is 24.1 Å². The van der Waals surface area contributed by atoms with Gasteiger partial charge in [0.2, 0.25) is 6.79 Å². The van der Waals surface area contributed by atoms with Crippen LogP contribution < -0.4 is 14.2 Å². The van der Waals surface area contributed by atoms with E-state index in [1.807, 2.05) is 11.1 Å². The van der Waals surface area contributed by atoms with E-state index in [9.17, 15) is 4.79 Å². The van der Waals surface area contributed by atoms with Crippen LogP contribution in [0.5, 0.6) is 17.2 Å². The Balaban J connectivity index is 1.33. The molecule has 1 aromatic carbocycles. The Morgan fingerprint density at radius 1 is 1.32 bits per heavy atom. The number of rotatable bonds is 4. The number of nitrogens with zero attached hydrogens (tertiary/aromatic N) is 2. The van der Waals surface area contributed by atoms with Crippen molar-refractivity contribution in [3.8, 4) is 17.2 Å². The fourth-order valence-electron chi connectivity index (χ4n) is 3.34. The number of aromatic amines is 1. The first-order valence-corrected chi connectivity index (χ1v) is 8.55. The fraction of sp³-hybridized carbons (Fsp3) is 0.444. The van der Waals surface area contributed by atoms with Gasteiger partial charge in [-0.25, -0.2) is 4.98 Å². The molecule has 1 amide bonds. The van der Waals surface area contributed by atoms with Gasteiger partial charge in [0.25, 0.3) is 5.91 Å². The van der Waals surface area contributed by atoms with Crippen molar-refractivity contribution in [2.24, 2.45) is 0 Å². The van der Waals surface area contributed by atoms with Crippen molar-refractivity contribution in [2.45, 2.75) is 31.8 Å². The summed E-state index contributed by atoms with van der Waals surface area (Å²) in [5, 5.41) is 0. The number of nitrogens with one attached hydrogen (secondary N) is 1. The molecule has 25 heavy (non-hydrogen) atoms. The smallest absolute Gasteiger partial charge is 0.263 e. The summed E-state index contributed by atoms with van der Waals surface area (Å²) < 4.78 is 16.4. The van der Waals surface area contributed by atoms with E-state index in [0.717, 1.165) is 31.8 Å². The second-order valence-electron chi connectivity index (χ2n) is 6.35. The molecule has 0 radical (unpaired) electrons. The molecule has 132 valence electrons. The molecule has 7 heteroatoms. The number of likely N-dealkylation sites (tertiary alicyclic amines) is 1. The number of amides is 1. The van der Waals surface area contributed by atoms with Crippen LogP contribution in [0.3, 0.4) is 0 Å². The summed E-state index contributed by atoms with van der Waals surface area (Å²) in [7, 11) is 0. The molecule has 1 atom stereocenters. The van der Waals surface area contributed by atoms with Crippen LogP contribution in [0.2, 0.25) is 0 Å². The van der Waals surface area contributed by atoms with Gasteiger partial charge in [0.05, 0.1) is 0 Å². The van der Waals surface area contributed by atoms with Crippen molar-refractivity contribution in [1.29, 1.82) is 0 Å². The van der Waals surface area contributed by atoms with Crippen molar-refractivity contribution in [3.05, 3.63) is 36.4 Å². The fourth-order valence-corrected chi connectivity index (χ4v) is 3.34. The lowest BCUT2D eigenvalue weighted by Gasteiger charge is -2.32. The van der Waals surface area contributed by atoms with Crippen LogP contribution in [-0.2, 0) is 4.79 Å². The molecule has 0 spiro atoms. The maximum atomic E-state index is 12.7. The third-order valence-electron chi connectivity index (χ3n) is 4.72. The Kier molecular flexibility index (Phi) is 4.21. The van der Waals surface area contributed by atoms with Gasteiger partial charge in [0.1, 0.15) is 11.6 Å². The summed E-state index contributed by atoms with van der Waals surface area (Å²) in [4.78, 5) is 22.0. The van der Waals surface area contributed by atoms with Gasteiger partial charge in [0, 0.05) is 37.5 Å². The van der Waals surface area contributed by atoms with Crippen LogP contribution in [0.1, 0.15) is 31.5 Å². The number of benzene rings is 1. The van der Waals surface area contributed by atoms with E-state index >= 15 is 0 Å². The second-order valence-corrected chi connectivity index (χ2v) is 6.35. The molecule has 0 saturated carbocycles. The minimum Gasteiger partial charge on any atom is -0.481 e. The minimum atomic E-state index is -0.541. The molecule has 1 saturated heterocycles. The number of H-pyrrole nitrogens is 1. The highest BCUT2D eigenvalue weighted by molar-refractivity contribution is 5.81. The van der Waals surface area contributed by atoms with Crippen LogP contribution >= 0.6 is 0 Å². The number of hydrogen-bond acceptors (Lipinski definition) is 5. The minimum absolute atomic E-state index is 0.00978. The topological polar surface area (TPSA) is 76.7 Å². The molecule has 1 fully saturated rings. The summed E-state index contributed by atoms with van der Waals surface area (Å²) in [6.45, 7) is 3.45. The zero-order chi connectivity index (χ0) is 17.2. The molecule has 2 aliphatic rings. The molecule has 3 heterocycles. The normalized spacial score (nSPS) is 18.2. The van der Waals surface area contributed by atoms with Gasteiger partial charge >= 0.3 is 0 Å². The molecular formula is C18H21N3O4. The summed E-state index contributed by atoms with van der Waals surface area (Å²) >= 11 is 0. The van der Waals surface area contributed by atoms with E-state index in [0.29, 0.717) is 23.2 Å². The van der Waals surface area contributed by atoms with Gasteiger partial charge in [-0.1, -0.05) is 0 Å². The van der Waals surface area contributed by atoms with E-state index in [2.05, 4.69) is 9.97 Å². The van der Waals surface area contributed by atoms with Gasteiger partial charge in [-0.15, -0.1) is 0 Å². The predicted octanol–water partition coefficient (Wildman–Crippen LogP) is 2.31. The molecule has 7 nitrogen and oxygen atoms in total. The highest BCUT2D eigenvalue weighted by Crippen LogP contribution is 2.35. The number of hydrogen-bond donors (Lipinski definition) is 1. The Bertz CT molecular complexity index is 739. The van der Waals surface area contributed by atoms with Crippen molar-refractivity contribution < 1.29 is 19.0 Å². The SMILES string of the molecule is C[C@@H](Oc1ccc2c(c1)OCO2)C(=O)N1CCC(c2ncc[nH]2)CC1. The summed E-state index contributed by atoms with van der Waals surface area (Å²) in [5.41, 5.74) is 0. The summed E-state index contributed by atoms with van der Waals surface area (Å²) in [6.07, 6.45) is 4.90. The molecule has 0 bridgehead atoms. The van der Waals surface area contributed by atoms with E-state index < -0.39 is 6.10 Å². The van der Waals surface area contributed by atoms with Crippen molar-refractivity contribution in [2.75, 3.05) is 19.9 Å². The Morgan fingerprint density at radius 3 is 2.88 bits per heavy atom. The number of carbonyl (C=O) groups excluding carboxylic acids is 1. The lowest BCUT2D eigenvalue weighted by molar-refractivity contribution is -0.139. The first-order valence-electron chi connectivity index (χ1n) is 8.55. The zero-order valence-corrected chi connectivity index (χ0v) is 14.1. The van der Waals surface area contributed by atoms with Crippen molar-refractivity contribution in [1.82, 2.24) is 14.9 Å². The monoisotopic (exact) mass is 343 g/mol. The Morgan fingerprint density at radius 2 is 2.12 bits per heavy atom. The second kappa shape index (κ2) is 6.66. The van der Waals surface area contributed by atoms with Gasteiger partial charge in [-0.2, -0.15) is 0 Å². The molecule has 4 rings (SSSR count). The largest absolute Gasteiger partial charge is 0.481 e. The van der Waals surface area contributed by atoms with Crippen LogP contribution in [0, 0.1) is 0 Å². The van der Waals surface area contributed by atoms with E-state index in [-0.39, 0.29) is 12.7 Å². The Labute approximate surface area is 145 Å². The number of aromatic nitrogens is 2. The summed E-state index contributed by atoms with van der Waals surface area (Å²) in [5.74, 6) is 3.37. The number of carbonyl (C=O) groups is 1. The molecule has 2 aliphatic heterocycles. The quantitative estimate of drug-likeness (QED) is 0.922. The highest BCUT2D eigenvalue weighted by atomic mass is 16.7. The van der Waals surface area contributed by atoms with Crippen LogP contribution in [0.15, 0.2) is 30.6 Å². The number of imidazole rings is 1. The third kappa shape index (κ3) is 3.26. The number of piperidine rings is 1. The molecule has 2 aromatic rings. The molecular weight excluding hydrogens is 322 g/mol. The first-order chi connectivity index (χ1) is 12.2. The molecule has 0 unspecified atom stereocenters. The molecule has 1 N–H and O–H groups in total. The van der Waals surface area contributed by atoms with Crippen LogP contribution in [-0.4, -0.2) is 46.8 Å². The zero-order valence-electron chi connectivity index (χ0n) is 14.1. The standard InChI is InChI=1S/C18H21N3O4/c1-12(25-14-2-3-15-16(10-14)24-11-23-15)18(22)21-8-4-13(5-9-21)17-19-6-7-20-17/h2-3,6-7,10,12-13H,4-5,8-9,11H2,1H3,(H,19,20)/t12-/m1/s1. The number of ether oxygens (including phenoxy) is 3. The molecule has 0 aliphatic carbocycles. The number of fused-ring (bicyclic) bond motifs is 1. The molecule has 1 aromatic heterocycles.